The van der Waals surface area contributed by atoms with Gasteiger partial charge in [-0.25, -0.2) is 0 Å². The van der Waals surface area contributed by atoms with E-state index in [4.69, 9.17) is 14.0 Å². The number of aromatic nitrogens is 5. The van der Waals surface area contributed by atoms with Gasteiger partial charge in [0.25, 0.3) is 5.91 Å². The second kappa shape index (κ2) is 8.02. The number of morpholine rings is 1. The summed E-state index contributed by atoms with van der Waals surface area (Å²) in [4.78, 5) is 14.8. The van der Waals surface area contributed by atoms with Crippen molar-refractivity contribution in [2.24, 2.45) is 0 Å². The second-order valence-electron chi connectivity index (χ2n) is 9.00. The molecule has 0 radical (unpaired) electrons. The van der Waals surface area contributed by atoms with Gasteiger partial charge in [0, 0.05) is 29.6 Å². The summed E-state index contributed by atoms with van der Waals surface area (Å²) in [6.45, 7) is 3.08. The van der Waals surface area contributed by atoms with Crippen molar-refractivity contribution in [3.05, 3.63) is 72.0 Å². The van der Waals surface area contributed by atoms with Gasteiger partial charge in [-0.1, -0.05) is 23.4 Å². The van der Waals surface area contributed by atoms with E-state index in [1.165, 1.54) is 0 Å². The van der Waals surface area contributed by atoms with E-state index in [9.17, 15) is 4.79 Å². The smallest absolute Gasteiger partial charge is 0.255 e. The van der Waals surface area contributed by atoms with Crippen LogP contribution in [0.2, 0.25) is 0 Å². The molecule has 11 heteroatoms. The van der Waals surface area contributed by atoms with E-state index in [1.807, 2.05) is 36.1 Å². The molecule has 2 saturated heterocycles. The minimum absolute atomic E-state index is 0.0101. The first-order chi connectivity index (χ1) is 17.6. The van der Waals surface area contributed by atoms with Crippen molar-refractivity contribution in [3.8, 4) is 17.4 Å². The lowest BCUT2D eigenvalue weighted by atomic mass is 10.1. The molecule has 4 aromatic rings. The Morgan fingerprint density at radius 2 is 2.11 bits per heavy atom. The maximum atomic E-state index is 12.9. The lowest BCUT2D eigenvalue weighted by Crippen LogP contribution is -2.42. The van der Waals surface area contributed by atoms with Crippen LogP contribution >= 0.6 is 0 Å². The molecule has 2 bridgehead atoms. The molecule has 0 spiro atoms. The van der Waals surface area contributed by atoms with Gasteiger partial charge in [0.2, 0.25) is 11.7 Å². The van der Waals surface area contributed by atoms with E-state index in [0.717, 1.165) is 17.2 Å². The zero-order chi connectivity index (χ0) is 24.2. The monoisotopic (exact) mass is 483 g/mol. The molecule has 6 heterocycles. The summed E-state index contributed by atoms with van der Waals surface area (Å²) < 4.78 is 18.4. The summed E-state index contributed by atoms with van der Waals surface area (Å²) in [6, 6.07) is 9.64. The Hall–Kier alpha value is -4.51. The number of amides is 1. The maximum Gasteiger partial charge on any atom is 0.255 e. The van der Waals surface area contributed by atoms with Crippen LogP contribution in [-0.4, -0.2) is 61.1 Å². The molecule has 3 aromatic heterocycles. The molecule has 7 rings (SSSR count). The predicted octanol–water partition coefficient (Wildman–Crippen LogP) is 2.50. The number of hydrogen-bond acceptors (Lipinski definition) is 9. The average molecular weight is 483 g/mol. The van der Waals surface area contributed by atoms with E-state index in [0.29, 0.717) is 53.2 Å². The Morgan fingerprint density at radius 3 is 2.83 bits per heavy atom. The van der Waals surface area contributed by atoms with E-state index in [1.54, 1.807) is 35.2 Å². The van der Waals surface area contributed by atoms with Gasteiger partial charge < -0.3 is 24.2 Å². The first-order valence-electron chi connectivity index (χ1n) is 11.7. The maximum absolute atomic E-state index is 12.9. The summed E-state index contributed by atoms with van der Waals surface area (Å²) in [5.41, 5.74) is 2.40. The van der Waals surface area contributed by atoms with Crippen LogP contribution in [0.25, 0.3) is 27.9 Å². The quantitative estimate of drug-likeness (QED) is 0.437. The highest BCUT2D eigenvalue weighted by Crippen LogP contribution is 2.30. The van der Waals surface area contributed by atoms with E-state index in [-0.39, 0.29) is 18.1 Å². The molecule has 2 fully saturated rings. The lowest BCUT2D eigenvalue weighted by molar-refractivity contribution is -0.131. The lowest BCUT2D eigenvalue weighted by Gasteiger charge is -2.27. The number of carbonyl (C=O) groups is 1. The molecular weight excluding hydrogens is 462 g/mol. The Balaban J connectivity index is 1.16. The standard InChI is InChI=1S/C25H21N7O4/c1-14-8-21(30-36-14)23-28-27-22-19-4-2-3-5-20(19)24(29-32(22)23)35-12-16-7-6-15(10-26-16)25(33)31-11-18-9-17(31)13-34-18/h2-8,10,12,17-18,26H,9,11,13H2,1H3/t17-,18-/m1/s1. The van der Waals surface area contributed by atoms with Crippen molar-refractivity contribution in [1.29, 1.82) is 0 Å². The van der Waals surface area contributed by atoms with Crippen molar-refractivity contribution in [2.45, 2.75) is 25.5 Å². The van der Waals surface area contributed by atoms with Gasteiger partial charge in [0.1, 0.15) is 12.0 Å². The van der Waals surface area contributed by atoms with Crippen LogP contribution in [-0.2, 0) is 9.53 Å². The highest BCUT2D eigenvalue weighted by Gasteiger charge is 2.41. The third-order valence-electron chi connectivity index (χ3n) is 6.63. The summed E-state index contributed by atoms with van der Waals surface area (Å²) in [7, 11) is 0. The highest BCUT2D eigenvalue weighted by atomic mass is 16.5. The molecule has 36 heavy (non-hydrogen) atoms. The Morgan fingerprint density at radius 1 is 1.22 bits per heavy atom. The number of nitrogens with zero attached hydrogens (tertiary/aromatic N) is 6. The molecule has 3 aliphatic heterocycles. The molecule has 1 amide bonds. The zero-order valence-corrected chi connectivity index (χ0v) is 19.3. The molecule has 1 N–H and O–H groups in total. The number of ether oxygens (including phenoxy) is 2. The van der Waals surface area contributed by atoms with Crippen LogP contribution in [0, 0.1) is 6.92 Å². The zero-order valence-electron chi connectivity index (χ0n) is 19.3. The Labute approximate surface area is 204 Å². The largest absolute Gasteiger partial charge is 0.443 e. The number of aryl methyl sites for hydroxylation is 1. The number of carbonyl (C=O) groups excluding carboxylic acids is 1. The van der Waals surface area contributed by atoms with E-state index in [2.05, 4.69) is 25.8 Å². The number of dihydropyridines is 1. The van der Waals surface area contributed by atoms with Gasteiger partial charge in [-0.15, -0.1) is 15.3 Å². The minimum Gasteiger partial charge on any atom is -0.443 e. The number of benzene rings is 1. The second-order valence-corrected chi connectivity index (χ2v) is 9.00. The van der Waals surface area contributed by atoms with E-state index < -0.39 is 0 Å². The third kappa shape index (κ3) is 3.35. The Kier molecular flexibility index (Phi) is 4.64. The van der Waals surface area contributed by atoms with Crippen molar-refractivity contribution < 1.29 is 18.8 Å². The number of hydrogen-bond donors (Lipinski definition) is 1. The number of fused-ring (bicyclic) bond motifs is 5. The summed E-state index contributed by atoms with van der Waals surface area (Å²) in [6.07, 6.45) is 7.95. The number of rotatable bonds is 4. The van der Waals surface area contributed by atoms with E-state index >= 15 is 0 Å². The molecule has 1 aromatic carbocycles. The SMILES string of the molecule is Cc1cc(-c2nnc3c4ccccc4c(OC=C4C=CC(C(=O)N5C[C@H]6C[C@@H]5CO6)=CN4)nn23)no1. The number of likely N-dealkylation sites (tertiary alicyclic amines) is 1. The van der Waals surface area contributed by atoms with Crippen LogP contribution in [0.15, 0.2) is 70.7 Å². The minimum atomic E-state index is 0.0101. The van der Waals surface area contributed by atoms with Gasteiger partial charge in [0.15, 0.2) is 11.3 Å². The first kappa shape index (κ1) is 20.8. The highest BCUT2D eigenvalue weighted by molar-refractivity contribution is 5.97. The molecule has 0 saturated carbocycles. The number of allylic oxidation sites excluding steroid dienone is 1. The normalized spacial score (nSPS) is 22.0. The predicted molar refractivity (Wildman–Crippen MR) is 127 cm³/mol. The van der Waals surface area contributed by atoms with Crippen LogP contribution in [0.3, 0.4) is 0 Å². The van der Waals surface area contributed by atoms with Gasteiger partial charge in [-0.3, -0.25) is 4.79 Å². The van der Waals surface area contributed by atoms with Crippen molar-refractivity contribution in [1.82, 2.24) is 35.2 Å². The molecule has 0 unspecified atom stereocenters. The van der Waals surface area contributed by atoms with Gasteiger partial charge in [0.05, 0.1) is 30.0 Å². The van der Waals surface area contributed by atoms with Crippen LogP contribution < -0.4 is 10.1 Å². The van der Waals surface area contributed by atoms with Gasteiger partial charge in [-0.2, -0.15) is 4.52 Å². The topological polar surface area (TPSA) is 120 Å². The molecule has 11 nitrogen and oxygen atoms in total. The fourth-order valence-electron chi connectivity index (χ4n) is 4.85. The molecule has 2 atom stereocenters. The van der Waals surface area contributed by atoms with Crippen molar-refractivity contribution in [3.63, 3.8) is 0 Å². The fraction of sp³-hybridized carbons (Fsp3) is 0.240. The number of nitrogens with one attached hydrogen (secondary N) is 1. The molecule has 180 valence electrons. The van der Waals surface area contributed by atoms with Gasteiger partial charge in [-0.05, 0) is 31.6 Å². The summed E-state index contributed by atoms with van der Waals surface area (Å²) >= 11 is 0. The third-order valence-corrected chi connectivity index (χ3v) is 6.63. The fourth-order valence-corrected chi connectivity index (χ4v) is 4.85. The van der Waals surface area contributed by atoms with Crippen molar-refractivity contribution in [2.75, 3.05) is 13.2 Å². The Bertz CT molecular complexity index is 1620. The average Bonchev–Trinajstić information content (AvgIpc) is 3.71. The first-order valence-corrected chi connectivity index (χ1v) is 11.7. The molecule has 0 aliphatic carbocycles. The van der Waals surface area contributed by atoms with Crippen LogP contribution in [0.5, 0.6) is 5.88 Å². The molecule has 3 aliphatic rings. The summed E-state index contributed by atoms with van der Waals surface area (Å²) in [5, 5.41) is 22.0. The molecular formula is C25H21N7O4. The van der Waals surface area contributed by atoms with Crippen LogP contribution in [0.4, 0.5) is 0 Å². The van der Waals surface area contributed by atoms with Crippen molar-refractivity contribution >= 4 is 22.3 Å². The van der Waals surface area contributed by atoms with Gasteiger partial charge >= 0.3 is 0 Å². The van der Waals surface area contributed by atoms with Crippen LogP contribution in [0.1, 0.15) is 12.2 Å². The summed E-state index contributed by atoms with van der Waals surface area (Å²) in [5.74, 6) is 1.50.